The molecule has 8 heteroatoms. The molecule has 0 amide bonds. The highest BCUT2D eigenvalue weighted by Crippen LogP contribution is 2.39. The second kappa shape index (κ2) is 9.02. The molecule has 0 aliphatic carbocycles. The van der Waals surface area contributed by atoms with E-state index < -0.39 is 5.82 Å². The Balaban J connectivity index is 1.36. The van der Waals surface area contributed by atoms with Gasteiger partial charge in [0.1, 0.15) is 12.4 Å². The standard InChI is InChI=1S/C25H28F2N4O2/c1-15(2)31-9-10-32-24-21(27)11-17(12-22(24)31)23-14-29-25(33-23)30-18-3-4-19(20(26)13-18)16-5-7-28-8-6-16/h3-4,11-16,28H,5-10H2,1-2H3,(H,29,30). The molecule has 3 heterocycles. The van der Waals surface area contributed by atoms with Gasteiger partial charge in [0, 0.05) is 17.3 Å². The molecule has 174 valence electrons. The molecule has 5 rings (SSSR count). The number of ether oxygens (including phenoxy) is 1. The number of halogens is 2. The molecule has 1 fully saturated rings. The van der Waals surface area contributed by atoms with Crippen LogP contribution >= 0.6 is 0 Å². The van der Waals surface area contributed by atoms with Crippen LogP contribution < -0.4 is 20.3 Å². The normalized spacial score (nSPS) is 16.6. The molecule has 0 unspecified atom stereocenters. The lowest BCUT2D eigenvalue weighted by atomic mass is 9.90. The average molecular weight is 455 g/mol. The summed E-state index contributed by atoms with van der Waals surface area (Å²) in [5.74, 6) is 0.252. The topological polar surface area (TPSA) is 62.6 Å². The van der Waals surface area contributed by atoms with E-state index in [4.69, 9.17) is 9.15 Å². The number of rotatable bonds is 5. The summed E-state index contributed by atoms with van der Waals surface area (Å²) in [7, 11) is 0. The maximum Gasteiger partial charge on any atom is 0.299 e. The van der Waals surface area contributed by atoms with E-state index >= 15 is 0 Å². The van der Waals surface area contributed by atoms with Gasteiger partial charge in [-0.2, -0.15) is 0 Å². The number of anilines is 3. The van der Waals surface area contributed by atoms with Gasteiger partial charge in [-0.15, -0.1) is 0 Å². The van der Waals surface area contributed by atoms with E-state index in [1.54, 1.807) is 0 Å². The molecule has 1 saturated heterocycles. The Morgan fingerprint density at radius 3 is 2.70 bits per heavy atom. The van der Waals surface area contributed by atoms with Crippen molar-refractivity contribution in [2.45, 2.75) is 38.6 Å². The van der Waals surface area contributed by atoms with Gasteiger partial charge in [-0.3, -0.25) is 0 Å². The van der Waals surface area contributed by atoms with Crippen molar-refractivity contribution in [3.05, 3.63) is 53.7 Å². The summed E-state index contributed by atoms with van der Waals surface area (Å²) >= 11 is 0. The van der Waals surface area contributed by atoms with Gasteiger partial charge in [0.2, 0.25) is 0 Å². The minimum atomic E-state index is -0.436. The number of nitrogens with one attached hydrogen (secondary N) is 2. The number of hydrogen-bond acceptors (Lipinski definition) is 6. The lowest BCUT2D eigenvalue weighted by molar-refractivity contribution is 0.287. The largest absolute Gasteiger partial charge is 0.486 e. The van der Waals surface area contributed by atoms with E-state index in [1.165, 1.54) is 18.3 Å². The Bertz CT molecular complexity index is 1140. The monoisotopic (exact) mass is 454 g/mol. The highest BCUT2D eigenvalue weighted by atomic mass is 19.1. The first-order valence-electron chi connectivity index (χ1n) is 11.5. The van der Waals surface area contributed by atoms with Crippen molar-refractivity contribution in [1.29, 1.82) is 0 Å². The molecule has 2 N–H and O–H groups in total. The molecule has 0 atom stereocenters. The molecule has 1 aromatic heterocycles. The summed E-state index contributed by atoms with van der Waals surface area (Å²) in [4.78, 5) is 6.35. The Kier molecular flexibility index (Phi) is 5.93. The van der Waals surface area contributed by atoms with Crippen molar-refractivity contribution in [3.63, 3.8) is 0 Å². The third-order valence-electron chi connectivity index (χ3n) is 6.36. The molecule has 2 aromatic carbocycles. The predicted octanol–water partition coefficient (Wildman–Crippen LogP) is 5.44. The second-order valence-electron chi connectivity index (χ2n) is 8.86. The molecule has 3 aromatic rings. The highest BCUT2D eigenvalue weighted by Gasteiger charge is 2.25. The first-order valence-corrected chi connectivity index (χ1v) is 11.5. The third-order valence-corrected chi connectivity index (χ3v) is 6.36. The number of oxazole rings is 1. The van der Waals surface area contributed by atoms with Crippen LogP contribution in [-0.2, 0) is 0 Å². The van der Waals surface area contributed by atoms with Crippen LogP contribution in [0.1, 0.15) is 38.2 Å². The third kappa shape index (κ3) is 4.39. The van der Waals surface area contributed by atoms with E-state index in [0.29, 0.717) is 35.9 Å². The molecule has 2 aliphatic heterocycles. The van der Waals surface area contributed by atoms with Gasteiger partial charge in [-0.05, 0) is 75.5 Å². The fourth-order valence-electron chi connectivity index (χ4n) is 4.64. The van der Waals surface area contributed by atoms with E-state index in [9.17, 15) is 8.78 Å². The smallest absolute Gasteiger partial charge is 0.299 e. The summed E-state index contributed by atoms with van der Waals surface area (Å²) in [5.41, 5.74) is 2.56. The Morgan fingerprint density at radius 2 is 1.94 bits per heavy atom. The van der Waals surface area contributed by atoms with Crippen molar-refractivity contribution in [3.8, 4) is 17.1 Å². The summed E-state index contributed by atoms with van der Waals surface area (Å²) in [6.45, 7) is 7.08. The maximum atomic E-state index is 14.8. The van der Waals surface area contributed by atoms with Crippen LogP contribution in [0.4, 0.5) is 26.2 Å². The maximum absolute atomic E-state index is 14.8. The van der Waals surface area contributed by atoms with Crippen LogP contribution in [0.25, 0.3) is 11.3 Å². The molecular formula is C25H28F2N4O2. The highest BCUT2D eigenvalue weighted by molar-refractivity contribution is 5.72. The first kappa shape index (κ1) is 21.7. The average Bonchev–Trinajstić information content (AvgIpc) is 3.28. The fourth-order valence-corrected chi connectivity index (χ4v) is 4.64. The SMILES string of the molecule is CC(C)N1CCOc2c(F)cc(-c3cnc(Nc4ccc(C5CCNCC5)c(F)c4)o3)cc21. The van der Waals surface area contributed by atoms with Crippen molar-refractivity contribution >= 4 is 17.4 Å². The lowest BCUT2D eigenvalue weighted by Crippen LogP contribution is -2.38. The molecule has 0 spiro atoms. The van der Waals surface area contributed by atoms with Gasteiger partial charge in [0.15, 0.2) is 17.3 Å². The number of hydrogen-bond donors (Lipinski definition) is 2. The van der Waals surface area contributed by atoms with Crippen LogP contribution in [0.15, 0.2) is 40.9 Å². The van der Waals surface area contributed by atoms with Crippen molar-refractivity contribution in [2.24, 2.45) is 0 Å². The number of fused-ring (bicyclic) bond motifs is 1. The van der Waals surface area contributed by atoms with Crippen LogP contribution in [0.2, 0.25) is 0 Å². The summed E-state index contributed by atoms with van der Waals surface area (Å²) in [5, 5.41) is 6.31. The van der Waals surface area contributed by atoms with Crippen molar-refractivity contribution in [2.75, 3.05) is 36.5 Å². The van der Waals surface area contributed by atoms with Crippen molar-refractivity contribution < 1.29 is 17.9 Å². The van der Waals surface area contributed by atoms with Gasteiger partial charge in [-0.1, -0.05) is 6.07 Å². The van der Waals surface area contributed by atoms with E-state index in [1.807, 2.05) is 18.2 Å². The minimum absolute atomic E-state index is 0.206. The molecular weight excluding hydrogens is 426 g/mol. The number of piperidine rings is 1. The van der Waals surface area contributed by atoms with E-state index in [-0.39, 0.29) is 29.5 Å². The number of benzene rings is 2. The van der Waals surface area contributed by atoms with E-state index in [0.717, 1.165) is 31.5 Å². The Labute approximate surface area is 192 Å². The van der Waals surface area contributed by atoms with Crippen LogP contribution in [0.5, 0.6) is 5.75 Å². The lowest BCUT2D eigenvalue weighted by Gasteiger charge is -2.34. The summed E-state index contributed by atoms with van der Waals surface area (Å²) in [6.07, 6.45) is 3.40. The van der Waals surface area contributed by atoms with Crippen LogP contribution in [0.3, 0.4) is 0 Å². The Morgan fingerprint density at radius 1 is 1.12 bits per heavy atom. The molecule has 0 radical (unpaired) electrons. The summed E-state index contributed by atoms with van der Waals surface area (Å²) < 4.78 is 40.9. The molecule has 0 saturated carbocycles. The summed E-state index contributed by atoms with van der Waals surface area (Å²) in [6, 6.07) is 8.80. The van der Waals surface area contributed by atoms with Gasteiger partial charge in [-0.25, -0.2) is 13.8 Å². The quantitative estimate of drug-likeness (QED) is 0.536. The van der Waals surface area contributed by atoms with Crippen molar-refractivity contribution in [1.82, 2.24) is 10.3 Å². The Hall–Kier alpha value is -3.13. The molecule has 33 heavy (non-hydrogen) atoms. The van der Waals surface area contributed by atoms with Crippen LogP contribution in [0, 0.1) is 11.6 Å². The second-order valence-corrected chi connectivity index (χ2v) is 8.86. The zero-order valence-electron chi connectivity index (χ0n) is 18.8. The van der Waals surface area contributed by atoms with E-state index in [2.05, 4.69) is 34.4 Å². The number of aromatic nitrogens is 1. The fraction of sp³-hybridized carbons (Fsp3) is 0.400. The zero-order chi connectivity index (χ0) is 22.9. The molecule has 2 aliphatic rings. The molecule has 6 nitrogen and oxygen atoms in total. The first-order chi connectivity index (χ1) is 16.0. The number of nitrogens with zero attached hydrogens (tertiary/aromatic N) is 2. The van der Waals surface area contributed by atoms with Gasteiger partial charge in [0.05, 0.1) is 18.4 Å². The van der Waals surface area contributed by atoms with Crippen LogP contribution in [-0.4, -0.2) is 37.3 Å². The minimum Gasteiger partial charge on any atom is -0.486 e. The predicted molar refractivity (Wildman–Crippen MR) is 124 cm³/mol. The van der Waals surface area contributed by atoms with Gasteiger partial charge in [0.25, 0.3) is 6.01 Å². The zero-order valence-corrected chi connectivity index (χ0v) is 18.8. The van der Waals surface area contributed by atoms with Gasteiger partial charge >= 0.3 is 0 Å². The van der Waals surface area contributed by atoms with Gasteiger partial charge < -0.3 is 24.7 Å². The molecule has 0 bridgehead atoms.